The lowest BCUT2D eigenvalue weighted by molar-refractivity contribution is -0.123. The molecule has 1 N–H and O–H groups in total. The van der Waals surface area contributed by atoms with E-state index in [1.165, 1.54) is 38.5 Å². The number of amides is 1. The summed E-state index contributed by atoms with van der Waals surface area (Å²) in [7, 11) is 0. The van der Waals surface area contributed by atoms with Gasteiger partial charge in [-0.1, -0.05) is 19.8 Å². The first-order chi connectivity index (χ1) is 10.8. The first kappa shape index (κ1) is 16.3. The summed E-state index contributed by atoms with van der Waals surface area (Å²) in [5.41, 5.74) is 0. The van der Waals surface area contributed by atoms with Crippen molar-refractivity contribution in [3.05, 3.63) is 0 Å². The third kappa shape index (κ3) is 4.02. The van der Waals surface area contributed by atoms with E-state index in [-0.39, 0.29) is 5.91 Å². The summed E-state index contributed by atoms with van der Waals surface area (Å²) in [4.78, 5) is 17.4. The molecule has 0 aromatic carbocycles. The van der Waals surface area contributed by atoms with Gasteiger partial charge in [0.15, 0.2) is 0 Å². The number of nitrogens with zero attached hydrogens (tertiary/aromatic N) is 2. The number of nitrogens with one attached hydrogen (secondary N) is 1. The molecule has 3 aliphatic rings. The predicted molar refractivity (Wildman–Crippen MR) is 89.8 cm³/mol. The van der Waals surface area contributed by atoms with Gasteiger partial charge >= 0.3 is 0 Å². The third-order valence-corrected chi connectivity index (χ3v) is 6.10. The van der Waals surface area contributed by atoms with E-state index in [2.05, 4.69) is 22.0 Å². The van der Waals surface area contributed by atoms with Crippen LogP contribution in [-0.2, 0) is 4.79 Å². The first-order valence-electron chi connectivity index (χ1n) is 9.52. The Hall–Kier alpha value is -0.610. The fourth-order valence-electron chi connectivity index (χ4n) is 4.78. The van der Waals surface area contributed by atoms with Gasteiger partial charge in [-0.2, -0.15) is 0 Å². The molecular formula is C18H33N3O. The van der Waals surface area contributed by atoms with Crippen LogP contribution in [0.3, 0.4) is 0 Å². The van der Waals surface area contributed by atoms with Crippen molar-refractivity contribution in [2.45, 2.75) is 70.4 Å². The van der Waals surface area contributed by atoms with Gasteiger partial charge in [0.05, 0.1) is 6.54 Å². The van der Waals surface area contributed by atoms with Crippen molar-refractivity contribution < 1.29 is 4.79 Å². The van der Waals surface area contributed by atoms with Crippen LogP contribution < -0.4 is 5.32 Å². The highest BCUT2D eigenvalue weighted by Gasteiger charge is 2.34. The van der Waals surface area contributed by atoms with Gasteiger partial charge in [-0.25, -0.2) is 0 Å². The lowest BCUT2D eigenvalue weighted by Gasteiger charge is -2.33. The maximum absolute atomic E-state index is 12.4. The van der Waals surface area contributed by atoms with Gasteiger partial charge in [0.2, 0.25) is 5.91 Å². The Kier molecular flexibility index (Phi) is 5.75. The molecule has 4 nitrogen and oxygen atoms in total. The molecule has 0 aromatic rings. The second-order valence-electron chi connectivity index (χ2n) is 7.50. The largest absolute Gasteiger partial charge is 0.352 e. The number of carbonyl (C=O) groups excluding carboxylic acids is 1. The molecule has 126 valence electrons. The molecule has 1 amide bonds. The highest BCUT2D eigenvalue weighted by atomic mass is 16.2. The van der Waals surface area contributed by atoms with Crippen LogP contribution in [0.4, 0.5) is 0 Å². The Balaban J connectivity index is 1.43. The topological polar surface area (TPSA) is 35.6 Å². The van der Waals surface area contributed by atoms with Crippen LogP contribution in [0.15, 0.2) is 0 Å². The van der Waals surface area contributed by atoms with Gasteiger partial charge in [-0.05, 0) is 57.5 Å². The highest BCUT2D eigenvalue weighted by molar-refractivity contribution is 5.78. The average molecular weight is 307 g/mol. The molecule has 0 bridgehead atoms. The maximum Gasteiger partial charge on any atom is 0.234 e. The van der Waals surface area contributed by atoms with E-state index in [1.807, 2.05) is 0 Å². The summed E-state index contributed by atoms with van der Waals surface area (Å²) in [6.07, 6.45) is 10.4. The van der Waals surface area contributed by atoms with E-state index in [0.29, 0.717) is 18.6 Å². The smallest absolute Gasteiger partial charge is 0.234 e. The van der Waals surface area contributed by atoms with Gasteiger partial charge in [0.1, 0.15) is 0 Å². The van der Waals surface area contributed by atoms with Gasteiger partial charge in [-0.15, -0.1) is 0 Å². The maximum atomic E-state index is 12.4. The number of carbonyl (C=O) groups is 1. The van der Waals surface area contributed by atoms with E-state index in [9.17, 15) is 4.79 Å². The minimum atomic E-state index is 0.264. The normalized spacial score (nSPS) is 29.2. The fraction of sp³-hybridized carbons (Fsp3) is 0.944. The number of hydrogen-bond donors (Lipinski definition) is 1. The molecule has 2 saturated heterocycles. The van der Waals surface area contributed by atoms with Crippen LogP contribution in [0.2, 0.25) is 0 Å². The molecule has 4 heteroatoms. The van der Waals surface area contributed by atoms with Gasteiger partial charge in [0.25, 0.3) is 0 Å². The van der Waals surface area contributed by atoms with Crippen LogP contribution >= 0.6 is 0 Å². The van der Waals surface area contributed by atoms with Gasteiger partial charge < -0.3 is 10.2 Å². The number of likely N-dealkylation sites (tertiary alicyclic amines) is 2. The van der Waals surface area contributed by atoms with E-state index in [0.717, 1.165) is 44.9 Å². The lowest BCUT2D eigenvalue weighted by Crippen LogP contribution is -2.48. The zero-order valence-electron chi connectivity index (χ0n) is 14.2. The summed E-state index contributed by atoms with van der Waals surface area (Å²) in [5.74, 6) is 1.13. The Morgan fingerprint density at radius 3 is 2.41 bits per heavy atom. The van der Waals surface area contributed by atoms with Crippen LogP contribution in [0.5, 0.6) is 0 Å². The zero-order valence-corrected chi connectivity index (χ0v) is 14.2. The van der Waals surface area contributed by atoms with Crippen LogP contribution in [-0.4, -0.2) is 60.5 Å². The standard InChI is InChI=1S/C18H33N3O/c1-2-20-12-9-16(10-13-20)19-18(22)14-21-11-5-8-17(21)15-6-3-4-7-15/h15-17H,2-14H2,1H3,(H,19,22). The van der Waals surface area contributed by atoms with E-state index >= 15 is 0 Å². The Morgan fingerprint density at radius 1 is 1.00 bits per heavy atom. The van der Waals surface area contributed by atoms with Crippen molar-refractivity contribution in [2.24, 2.45) is 5.92 Å². The number of piperidine rings is 1. The predicted octanol–water partition coefficient (Wildman–Crippen LogP) is 2.24. The van der Waals surface area contributed by atoms with Crippen molar-refractivity contribution in [3.8, 4) is 0 Å². The van der Waals surface area contributed by atoms with Crippen LogP contribution in [0.1, 0.15) is 58.3 Å². The summed E-state index contributed by atoms with van der Waals surface area (Å²) in [6.45, 7) is 7.39. The minimum absolute atomic E-state index is 0.264. The van der Waals surface area contributed by atoms with Crippen molar-refractivity contribution >= 4 is 5.91 Å². The quantitative estimate of drug-likeness (QED) is 0.846. The summed E-state index contributed by atoms with van der Waals surface area (Å²) >= 11 is 0. The second-order valence-corrected chi connectivity index (χ2v) is 7.50. The minimum Gasteiger partial charge on any atom is -0.352 e. The summed E-state index contributed by atoms with van der Waals surface area (Å²) in [5, 5.41) is 3.29. The molecule has 2 aliphatic heterocycles. The van der Waals surface area contributed by atoms with Crippen molar-refractivity contribution in [1.29, 1.82) is 0 Å². The molecule has 0 aromatic heterocycles. The lowest BCUT2D eigenvalue weighted by atomic mass is 9.96. The van der Waals surface area contributed by atoms with E-state index in [4.69, 9.17) is 0 Å². The molecular weight excluding hydrogens is 274 g/mol. The molecule has 1 atom stereocenters. The van der Waals surface area contributed by atoms with Crippen molar-refractivity contribution in [3.63, 3.8) is 0 Å². The third-order valence-electron chi connectivity index (χ3n) is 6.10. The van der Waals surface area contributed by atoms with Crippen molar-refractivity contribution in [2.75, 3.05) is 32.7 Å². The van der Waals surface area contributed by atoms with Crippen LogP contribution in [0, 0.1) is 5.92 Å². The Labute approximate surface area is 135 Å². The Bertz CT molecular complexity index is 359. The molecule has 0 spiro atoms. The molecule has 3 fully saturated rings. The van der Waals surface area contributed by atoms with Gasteiger partial charge in [0, 0.05) is 25.2 Å². The number of hydrogen-bond acceptors (Lipinski definition) is 3. The molecule has 1 aliphatic carbocycles. The van der Waals surface area contributed by atoms with Gasteiger partial charge in [-0.3, -0.25) is 9.69 Å². The second kappa shape index (κ2) is 7.78. The molecule has 1 saturated carbocycles. The molecule has 0 radical (unpaired) electrons. The summed E-state index contributed by atoms with van der Waals surface area (Å²) in [6, 6.07) is 1.10. The first-order valence-corrected chi connectivity index (χ1v) is 9.52. The average Bonchev–Trinajstić information content (AvgIpc) is 3.18. The monoisotopic (exact) mass is 307 g/mol. The highest BCUT2D eigenvalue weighted by Crippen LogP contribution is 2.35. The van der Waals surface area contributed by atoms with E-state index in [1.54, 1.807) is 0 Å². The Morgan fingerprint density at radius 2 is 1.73 bits per heavy atom. The summed E-state index contributed by atoms with van der Waals surface area (Å²) < 4.78 is 0. The SMILES string of the molecule is CCN1CCC(NC(=O)CN2CCCC2C2CCCC2)CC1. The zero-order chi connectivity index (χ0) is 15.4. The molecule has 3 rings (SSSR count). The molecule has 1 unspecified atom stereocenters. The van der Waals surface area contributed by atoms with Crippen LogP contribution in [0.25, 0.3) is 0 Å². The number of rotatable bonds is 5. The van der Waals surface area contributed by atoms with E-state index < -0.39 is 0 Å². The van der Waals surface area contributed by atoms with Crippen molar-refractivity contribution in [1.82, 2.24) is 15.1 Å². The molecule has 22 heavy (non-hydrogen) atoms. The fourth-order valence-corrected chi connectivity index (χ4v) is 4.78. The molecule has 2 heterocycles.